The summed E-state index contributed by atoms with van der Waals surface area (Å²) in [5.74, 6) is 0.833. The first-order valence-corrected chi connectivity index (χ1v) is 4.83. The normalized spacial score (nSPS) is 10.2. The van der Waals surface area contributed by atoms with E-state index in [9.17, 15) is 8.42 Å². The number of ether oxygens (including phenoxy) is 1. The van der Waals surface area contributed by atoms with Crippen molar-refractivity contribution in [1.29, 1.82) is 0 Å². The SMILES string of the molecule is COc1ccc(C[SH](=O)=O)cc1. The van der Waals surface area contributed by atoms with Gasteiger partial charge >= 0.3 is 0 Å². The summed E-state index contributed by atoms with van der Waals surface area (Å²) < 4.78 is 25.6. The van der Waals surface area contributed by atoms with Gasteiger partial charge in [0, 0.05) is 0 Å². The predicted octanol–water partition coefficient (Wildman–Crippen LogP) is 0.807. The molecule has 0 unspecified atom stereocenters. The summed E-state index contributed by atoms with van der Waals surface area (Å²) in [5.41, 5.74) is 0.784. The molecule has 0 heterocycles. The van der Waals surface area contributed by atoms with Gasteiger partial charge in [0.15, 0.2) is 0 Å². The van der Waals surface area contributed by atoms with Gasteiger partial charge < -0.3 is 4.74 Å². The highest BCUT2D eigenvalue weighted by Gasteiger charge is 1.94. The molecule has 1 rings (SSSR count). The molecule has 0 amide bonds. The van der Waals surface area contributed by atoms with Gasteiger partial charge in [-0.05, 0) is 17.7 Å². The topological polar surface area (TPSA) is 43.4 Å². The lowest BCUT2D eigenvalue weighted by Crippen LogP contribution is -1.87. The Morgan fingerprint density at radius 3 is 2.25 bits per heavy atom. The summed E-state index contributed by atoms with van der Waals surface area (Å²) in [6, 6.07) is 6.97. The quantitative estimate of drug-likeness (QED) is 0.710. The van der Waals surface area contributed by atoms with Gasteiger partial charge in [-0.2, -0.15) is 0 Å². The van der Waals surface area contributed by atoms with E-state index >= 15 is 0 Å². The van der Waals surface area contributed by atoms with Gasteiger partial charge in [0.1, 0.15) is 16.5 Å². The number of benzene rings is 1. The fourth-order valence-electron chi connectivity index (χ4n) is 0.880. The lowest BCUT2D eigenvalue weighted by atomic mass is 10.2. The second kappa shape index (κ2) is 4.11. The molecule has 0 spiro atoms. The van der Waals surface area contributed by atoms with Crippen LogP contribution in [0.15, 0.2) is 24.3 Å². The molecular weight excluding hydrogens is 176 g/mol. The van der Waals surface area contributed by atoms with Crippen LogP contribution in [-0.4, -0.2) is 15.5 Å². The Morgan fingerprint density at radius 2 is 1.83 bits per heavy atom. The van der Waals surface area contributed by atoms with Crippen molar-refractivity contribution in [1.82, 2.24) is 0 Å². The molecule has 0 bridgehead atoms. The largest absolute Gasteiger partial charge is 0.497 e. The third-order valence-electron chi connectivity index (χ3n) is 1.47. The highest BCUT2D eigenvalue weighted by molar-refractivity contribution is 7.71. The van der Waals surface area contributed by atoms with E-state index in [1.54, 1.807) is 31.4 Å². The Morgan fingerprint density at radius 1 is 1.25 bits per heavy atom. The summed E-state index contributed by atoms with van der Waals surface area (Å²) in [4.78, 5) is 0. The Bertz CT molecular complexity index is 306. The van der Waals surface area contributed by atoms with E-state index in [4.69, 9.17) is 4.74 Å². The number of hydrogen-bond donors (Lipinski definition) is 1. The van der Waals surface area contributed by atoms with Crippen molar-refractivity contribution in [3.63, 3.8) is 0 Å². The van der Waals surface area contributed by atoms with E-state index < -0.39 is 10.7 Å². The first-order chi connectivity index (χ1) is 5.72. The van der Waals surface area contributed by atoms with Crippen LogP contribution in [0.2, 0.25) is 0 Å². The average Bonchev–Trinajstić information content (AvgIpc) is 2.05. The molecular formula is C8H10O3S. The van der Waals surface area contributed by atoms with Crippen LogP contribution >= 0.6 is 0 Å². The minimum absolute atomic E-state index is 0.0966. The number of methoxy groups -OCH3 is 1. The van der Waals surface area contributed by atoms with Gasteiger partial charge in [0.2, 0.25) is 0 Å². The van der Waals surface area contributed by atoms with Crippen LogP contribution in [0.5, 0.6) is 5.75 Å². The van der Waals surface area contributed by atoms with Crippen molar-refractivity contribution in [3.05, 3.63) is 29.8 Å². The maximum atomic E-state index is 10.3. The number of thiol groups is 1. The molecule has 0 aromatic heterocycles. The summed E-state index contributed by atoms with van der Waals surface area (Å²) in [7, 11) is -0.759. The van der Waals surface area contributed by atoms with Crippen LogP contribution in [0.1, 0.15) is 5.56 Å². The van der Waals surface area contributed by atoms with Crippen LogP contribution in [0, 0.1) is 0 Å². The highest BCUT2D eigenvalue weighted by Crippen LogP contribution is 2.11. The van der Waals surface area contributed by atoms with E-state index in [0.717, 1.165) is 11.3 Å². The van der Waals surface area contributed by atoms with Gasteiger partial charge in [0.25, 0.3) is 0 Å². The van der Waals surface area contributed by atoms with Crippen molar-refractivity contribution in [3.8, 4) is 5.75 Å². The molecule has 66 valence electrons. The first kappa shape index (κ1) is 9.06. The maximum absolute atomic E-state index is 10.3. The van der Waals surface area contributed by atoms with Crippen molar-refractivity contribution >= 4 is 10.7 Å². The molecule has 0 N–H and O–H groups in total. The summed E-state index contributed by atoms with van der Waals surface area (Å²) >= 11 is 0. The van der Waals surface area contributed by atoms with Crippen LogP contribution in [0.4, 0.5) is 0 Å². The Kier molecular flexibility index (Phi) is 3.10. The lowest BCUT2D eigenvalue weighted by Gasteiger charge is -1.99. The Hall–Kier alpha value is -1.03. The van der Waals surface area contributed by atoms with Crippen LogP contribution in [0.25, 0.3) is 0 Å². The molecule has 1 aromatic rings. The van der Waals surface area contributed by atoms with E-state index in [1.807, 2.05) is 0 Å². The summed E-state index contributed by atoms with van der Waals surface area (Å²) in [6.45, 7) is 0. The average molecular weight is 186 g/mol. The predicted molar refractivity (Wildman–Crippen MR) is 47.0 cm³/mol. The first-order valence-electron chi connectivity index (χ1n) is 3.47. The van der Waals surface area contributed by atoms with Crippen molar-refractivity contribution in [2.45, 2.75) is 5.75 Å². The molecule has 0 aliphatic heterocycles. The zero-order chi connectivity index (χ0) is 8.97. The van der Waals surface area contributed by atoms with E-state index in [0.29, 0.717) is 0 Å². The van der Waals surface area contributed by atoms with Crippen LogP contribution < -0.4 is 4.74 Å². The number of rotatable bonds is 3. The van der Waals surface area contributed by atoms with Gasteiger partial charge in [-0.25, -0.2) is 8.42 Å². The molecule has 0 radical (unpaired) electrons. The third-order valence-corrected chi connectivity index (χ3v) is 2.09. The van der Waals surface area contributed by atoms with Gasteiger partial charge in [-0.1, -0.05) is 12.1 Å². The molecule has 0 saturated heterocycles. The van der Waals surface area contributed by atoms with E-state index in [2.05, 4.69) is 0 Å². The van der Waals surface area contributed by atoms with E-state index in [-0.39, 0.29) is 5.75 Å². The standard InChI is InChI=1S/C8H10O3S/c1-11-8-4-2-7(3-5-8)6-12(9)10/h2-5,12H,6H2,1H3. The molecule has 0 fully saturated rings. The molecule has 1 aromatic carbocycles. The third kappa shape index (κ3) is 2.54. The molecule has 3 nitrogen and oxygen atoms in total. The van der Waals surface area contributed by atoms with Crippen molar-refractivity contribution in [2.24, 2.45) is 0 Å². The zero-order valence-corrected chi connectivity index (χ0v) is 7.58. The fraction of sp³-hybridized carbons (Fsp3) is 0.250. The lowest BCUT2D eigenvalue weighted by molar-refractivity contribution is 0.414. The zero-order valence-electron chi connectivity index (χ0n) is 6.69. The van der Waals surface area contributed by atoms with E-state index in [1.165, 1.54) is 0 Å². The molecule has 0 aliphatic carbocycles. The molecule has 0 aliphatic rings. The summed E-state index contributed by atoms with van der Waals surface area (Å²) in [6.07, 6.45) is 0. The Labute approximate surface area is 72.9 Å². The molecule has 0 atom stereocenters. The van der Waals surface area contributed by atoms with Gasteiger partial charge in [-0.15, -0.1) is 0 Å². The minimum Gasteiger partial charge on any atom is -0.497 e. The monoisotopic (exact) mass is 186 g/mol. The second-order valence-corrected chi connectivity index (χ2v) is 3.32. The second-order valence-electron chi connectivity index (χ2n) is 2.34. The van der Waals surface area contributed by atoms with Crippen molar-refractivity contribution in [2.75, 3.05) is 7.11 Å². The Balaban J connectivity index is 2.77. The molecule has 0 saturated carbocycles. The molecule has 12 heavy (non-hydrogen) atoms. The fourth-order valence-corrected chi connectivity index (χ4v) is 1.39. The highest BCUT2D eigenvalue weighted by atomic mass is 32.2. The van der Waals surface area contributed by atoms with Gasteiger partial charge in [0.05, 0.1) is 12.9 Å². The minimum atomic E-state index is -2.33. The molecule has 4 heteroatoms. The van der Waals surface area contributed by atoms with Gasteiger partial charge in [-0.3, -0.25) is 0 Å². The van der Waals surface area contributed by atoms with Crippen LogP contribution in [-0.2, 0) is 16.5 Å². The van der Waals surface area contributed by atoms with Crippen molar-refractivity contribution < 1.29 is 13.2 Å². The number of hydrogen-bond acceptors (Lipinski definition) is 3. The van der Waals surface area contributed by atoms with Crippen LogP contribution in [0.3, 0.4) is 0 Å². The summed E-state index contributed by atoms with van der Waals surface area (Å²) in [5, 5.41) is 0. The smallest absolute Gasteiger partial charge is 0.144 e. The maximum Gasteiger partial charge on any atom is 0.144 e.